The number of allylic oxidation sites excluding steroid dienone is 2. The largest absolute Gasteiger partial charge is 0.325 e. The molecular formula is C23H29N3O3. The number of rotatable bonds is 5. The minimum Gasteiger partial charge on any atom is -0.319 e. The molecule has 0 unspecified atom stereocenters. The first kappa shape index (κ1) is 19.7. The molecule has 1 N–H and O–H groups in total. The fourth-order valence-corrected chi connectivity index (χ4v) is 4.75. The highest BCUT2D eigenvalue weighted by Gasteiger charge is 2.50. The zero-order valence-electron chi connectivity index (χ0n) is 17.3. The lowest BCUT2D eigenvalue weighted by Crippen LogP contribution is -2.44. The van der Waals surface area contributed by atoms with E-state index in [0.717, 1.165) is 61.1 Å². The molecule has 2 aliphatic carbocycles. The van der Waals surface area contributed by atoms with Gasteiger partial charge < -0.3 is 10.2 Å². The molecule has 0 spiro atoms. The summed E-state index contributed by atoms with van der Waals surface area (Å²) in [5.41, 5.74) is 3.24. The minimum atomic E-state index is -1.13. The van der Waals surface area contributed by atoms with Crippen LogP contribution in [0.4, 0.5) is 4.79 Å². The van der Waals surface area contributed by atoms with Gasteiger partial charge in [0, 0.05) is 12.2 Å². The number of hydrogen-bond donors (Lipinski definition) is 1. The lowest BCUT2D eigenvalue weighted by atomic mass is 9.89. The highest BCUT2D eigenvalue weighted by Crippen LogP contribution is 2.32. The van der Waals surface area contributed by atoms with Crippen LogP contribution in [0.15, 0.2) is 30.0 Å². The van der Waals surface area contributed by atoms with E-state index in [2.05, 4.69) is 17.5 Å². The van der Waals surface area contributed by atoms with Gasteiger partial charge in [-0.1, -0.05) is 24.3 Å². The molecule has 0 saturated carbocycles. The number of amides is 4. The molecule has 29 heavy (non-hydrogen) atoms. The van der Waals surface area contributed by atoms with E-state index in [1.807, 2.05) is 19.1 Å². The van der Waals surface area contributed by atoms with Gasteiger partial charge in [0.2, 0.25) is 5.91 Å². The van der Waals surface area contributed by atoms with Crippen molar-refractivity contribution in [2.24, 2.45) is 0 Å². The van der Waals surface area contributed by atoms with Crippen LogP contribution in [-0.2, 0) is 28.0 Å². The number of urea groups is 1. The summed E-state index contributed by atoms with van der Waals surface area (Å²) in [6, 6.07) is 5.53. The molecule has 6 nitrogen and oxygen atoms in total. The van der Waals surface area contributed by atoms with Crippen molar-refractivity contribution in [2.75, 3.05) is 13.1 Å². The topological polar surface area (TPSA) is 69.7 Å². The Kier molecular flexibility index (Phi) is 5.19. The zero-order chi connectivity index (χ0) is 20.6. The third-order valence-corrected chi connectivity index (χ3v) is 6.48. The summed E-state index contributed by atoms with van der Waals surface area (Å²) in [6.45, 7) is 3.97. The summed E-state index contributed by atoms with van der Waals surface area (Å²) >= 11 is 0. The van der Waals surface area contributed by atoms with Gasteiger partial charge in [-0.25, -0.2) is 4.79 Å². The van der Waals surface area contributed by atoms with Crippen molar-refractivity contribution in [1.82, 2.24) is 15.1 Å². The van der Waals surface area contributed by atoms with Crippen LogP contribution in [0.3, 0.4) is 0 Å². The molecule has 1 atom stereocenters. The van der Waals surface area contributed by atoms with Crippen molar-refractivity contribution in [3.63, 3.8) is 0 Å². The average Bonchev–Trinajstić information content (AvgIpc) is 3.28. The molecule has 1 aromatic carbocycles. The number of nitrogens with one attached hydrogen (secondary N) is 1. The number of fused-ring (bicyclic) bond motifs is 1. The first-order chi connectivity index (χ1) is 13.9. The van der Waals surface area contributed by atoms with E-state index in [0.29, 0.717) is 6.54 Å². The predicted octanol–water partition coefficient (Wildman–Crippen LogP) is 3.25. The Morgan fingerprint density at radius 3 is 2.66 bits per heavy atom. The summed E-state index contributed by atoms with van der Waals surface area (Å²) in [7, 11) is 0. The van der Waals surface area contributed by atoms with E-state index in [1.165, 1.54) is 11.1 Å². The van der Waals surface area contributed by atoms with Gasteiger partial charge in [0.1, 0.15) is 12.1 Å². The normalized spacial score (nSPS) is 23.7. The molecule has 0 radical (unpaired) electrons. The third kappa shape index (κ3) is 3.45. The second-order valence-corrected chi connectivity index (χ2v) is 8.36. The molecule has 3 aliphatic rings. The second kappa shape index (κ2) is 7.65. The molecule has 1 heterocycles. The molecular weight excluding hydrogens is 366 g/mol. The summed E-state index contributed by atoms with van der Waals surface area (Å²) in [4.78, 5) is 41.6. The standard InChI is InChI=1S/C23H29N3O3/c1-3-25(19-10-5-4-6-11-19)20(27)15-26-21(28)23(2,24-22(26)29)18-13-12-16-8-7-9-17(16)14-18/h10,12-14H,3-9,11,15H2,1-2H3,(H,24,29)/t23-/m1/s1. The van der Waals surface area contributed by atoms with Gasteiger partial charge in [-0.3, -0.25) is 14.5 Å². The van der Waals surface area contributed by atoms with Crippen LogP contribution >= 0.6 is 0 Å². The first-order valence-electron chi connectivity index (χ1n) is 10.7. The van der Waals surface area contributed by atoms with Gasteiger partial charge in [0.15, 0.2) is 0 Å². The lowest BCUT2D eigenvalue weighted by molar-refractivity contribution is -0.138. The van der Waals surface area contributed by atoms with Crippen LogP contribution in [0.25, 0.3) is 0 Å². The van der Waals surface area contributed by atoms with Gasteiger partial charge in [-0.15, -0.1) is 0 Å². The fraction of sp³-hybridized carbons (Fsp3) is 0.522. The number of carbonyl (C=O) groups excluding carboxylic acids is 3. The van der Waals surface area contributed by atoms with Crippen molar-refractivity contribution in [2.45, 2.75) is 64.3 Å². The van der Waals surface area contributed by atoms with Gasteiger partial charge >= 0.3 is 6.03 Å². The average molecular weight is 396 g/mol. The fourth-order valence-electron chi connectivity index (χ4n) is 4.75. The minimum absolute atomic E-state index is 0.206. The van der Waals surface area contributed by atoms with E-state index in [1.54, 1.807) is 11.8 Å². The quantitative estimate of drug-likeness (QED) is 0.778. The summed E-state index contributed by atoms with van der Waals surface area (Å²) in [6.07, 6.45) is 9.34. The van der Waals surface area contributed by atoms with Gasteiger partial charge in [-0.2, -0.15) is 0 Å². The van der Waals surface area contributed by atoms with E-state index >= 15 is 0 Å². The van der Waals surface area contributed by atoms with Crippen LogP contribution in [0.5, 0.6) is 0 Å². The highest BCUT2D eigenvalue weighted by molar-refractivity contribution is 6.09. The maximum Gasteiger partial charge on any atom is 0.325 e. The molecule has 0 aromatic heterocycles. The summed E-state index contributed by atoms with van der Waals surface area (Å²) in [5.74, 6) is -0.565. The molecule has 4 rings (SSSR count). The Morgan fingerprint density at radius 2 is 1.93 bits per heavy atom. The molecule has 1 fully saturated rings. The molecule has 1 aromatic rings. The predicted molar refractivity (Wildman–Crippen MR) is 110 cm³/mol. The summed E-state index contributed by atoms with van der Waals surface area (Å²) in [5, 5.41) is 2.83. The number of hydrogen-bond acceptors (Lipinski definition) is 3. The van der Waals surface area contributed by atoms with Crippen molar-refractivity contribution < 1.29 is 14.4 Å². The van der Waals surface area contributed by atoms with E-state index in [-0.39, 0.29) is 18.4 Å². The lowest BCUT2D eigenvalue weighted by Gasteiger charge is -2.28. The van der Waals surface area contributed by atoms with E-state index in [4.69, 9.17) is 0 Å². The number of imide groups is 1. The maximum absolute atomic E-state index is 13.2. The number of aryl methyl sites for hydroxylation is 2. The van der Waals surface area contributed by atoms with Crippen molar-refractivity contribution >= 4 is 17.8 Å². The Bertz CT molecular complexity index is 891. The van der Waals surface area contributed by atoms with Crippen LogP contribution in [-0.4, -0.2) is 40.7 Å². The van der Waals surface area contributed by atoms with Crippen molar-refractivity contribution in [3.05, 3.63) is 46.7 Å². The van der Waals surface area contributed by atoms with Crippen molar-refractivity contribution in [3.8, 4) is 0 Å². The second-order valence-electron chi connectivity index (χ2n) is 8.36. The van der Waals surface area contributed by atoms with Crippen LogP contribution in [0.2, 0.25) is 0 Å². The monoisotopic (exact) mass is 395 g/mol. The number of benzene rings is 1. The SMILES string of the molecule is CCN(C(=O)CN1C(=O)N[C@](C)(c2ccc3c(c2)CCC3)C1=O)C1=CCCCC1. The Balaban J connectivity index is 1.53. The third-order valence-electron chi connectivity index (χ3n) is 6.48. The Hall–Kier alpha value is -2.63. The number of nitrogens with zero attached hydrogens (tertiary/aromatic N) is 2. The van der Waals surface area contributed by atoms with Gasteiger partial charge in [0.05, 0.1) is 0 Å². The van der Waals surface area contributed by atoms with Gasteiger partial charge in [0.25, 0.3) is 5.91 Å². The van der Waals surface area contributed by atoms with Crippen molar-refractivity contribution in [1.29, 1.82) is 0 Å². The molecule has 1 aliphatic heterocycles. The van der Waals surface area contributed by atoms with E-state index < -0.39 is 11.6 Å². The zero-order valence-corrected chi connectivity index (χ0v) is 17.3. The maximum atomic E-state index is 13.2. The van der Waals surface area contributed by atoms with E-state index in [9.17, 15) is 14.4 Å². The molecule has 6 heteroatoms. The molecule has 1 saturated heterocycles. The molecule has 154 valence electrons. The smallest absolute Gasteiger partial charge is 0.319 e. The highest BCUT2D eigenvalue weighted by atomic mass is 16.2. The Morgan fingerprint density at radius 1 is 1.14 bits per heavy atom. The van der Waals surface area contributed by atoms with Crippen LogP contribution in [0, 0.1) is 0 Å². The Labute approximate surface area is 171 Å². The molecule has 4 amide bonds. The molecule has 0 bridgehead atoms. The van der Waals surface area contributed by atoms with Gasteiger partial charge in [-0.05, 0) is 75.5 Å². The van der Waals surface area contributed by atoms with Crippen LogP contribution < -0.4 is 5.32 Å². The number of likely N-dealkylation sites (N-methyl/N-ethyl adjacent to an activating group) is 1. The van der Waals surface area contributed by atoms with Crippen LogP contribution in [0.1, 0.15) is 62.6 Å². The summed E-state index contributed by atoms with van der Waals surface area (Å²) < 4.78 is 0. The first-order valence-corrected chi connectivity index (χ1v) is 10.7. The number of carbonyl (C=O) groups is 3.